The number of aromatic nitrogens is 2. The molecule has 0 bridgehead atoms. The quantitative estimate of drug-likeness (QED) is 0.422. The molecule has 0 fully saturated rings. The summed E-state index contributed by atoms with van der Waals surface area (Å²) in [5.74, 6) is 0.612. The van der Waals surface area contributed by atoms with E-state index in [4.69, 9.17) is 0 Å². The molecule has 0 aliphatic rings. The van der Waals surface area contributed by atoms with Gasteiger partial charge in [0.25, 0.3) is 0 Å². The van der Waals surface area contributed by atoms with Gasteiger partial charge in [0.1, 0.15) is 0 Å². The van der Waals surface area contributed by atoms with Crippen LogP contribution in [0.5, 0.6) is 0 Å². The highest BCUT2D eigenvalue weighted by Crippen LogP contribution is 2.26. The molecule has 1 aromatic rings. The Morgan fingerprint density at radius 3 is 2.64 bits per heavy atom. The second-order valence-electron chi connectivity index (χ2n) is 3.36. The van der Waals surface area contributed by atoms with Gasteiger partial charge in [-0.15, -0.1) is 6.58 Å². The summed E-state index contributed by atoms with van der Waals surface area (Å²) < 4.78 is 0. The van der Waals surface area contributed by atoms with Gasteiger partial charge in [-0.3, -0.25) is 0 Å². The summed E-state index contributed by atoms with van der Waals surface area (Å²) in [6.07, 6.45) is 6.56. The average Bonchev–Trinajstić information content (AvgIpc) is 2.19. The van der Waals surface area contributed by atoms with Gasteiger partial charge < -0.3 is 0 Å². The molecule has 14 heavy (non-hydrogen) atoms. The molecule has 1 rings (SSSR count). The van der Waals surface area contributed by atoms with E-state index in [1.54, 1.807) is 24.2 Å². The largest absolute Gasteiger partial charge is 0.231 e. The molecule has 1 heterocycles. The summed E-state index contributed by atoms with van der Waals surface area (Å²) in [6, 6.07) is 1.84. The Balaban J connectivity index is 2.48. The number of hydrogen-bond acceptors (Lipinski definition) is 3. The minimum absolute atomic E-state index is 0.524. The molecule has 0 amide bonds. The third kappa shape index (κ3) is 3.50. The van der Waals surface area contributed by atoms with Gasteiger partial charge in [-0.1, -0.05) is 31.7 Å². The minimum Gasteiger partial charge on any atom is -0.231 e. The minimum atomic E-state index is 0.524. The Labute approximate surface area is 89.9 Å². The maximum absolute atomic E-state index is 4.19. The average molecular weight is 208 g/mol. The van der Waals surface area contributed by atoms with Crippen molar-refractivity contribution in [3.63, 3.8) is 0 Å². The fourth-order valence-corrected chi connectivity index (χ4v) is 2.00. The number of hydrogen-bond donors (Lipinski definition) is 0. The number of thioether (sulfide) groups is 1. The van der Waals surface area contributed by atoms with Gasteiger partial charge in [-0.25, -0.2) is 9.97 Å². The van der Waals surface area contributed by atoms with Crippen LogP contribution in [0.1, 0.15) is 20.3 Å². The van der Waals surface area contributed by atoms with Crippen LogP contribution in [0.25, 0.3) is 0 Å². The van der Waals surface area contributed by atoms with Crippen LogP contribution in [-0.4, -0.2) is 15.2 Å². The Bertz CT molecular complexity index is 274. The van der Waals surface area contributed by atoms with E-state index in [0.29, 0.717) is 11.2 Å². The zero-order valence-corrected chi connectivity index (χ0v) is 9.50. The van der Waals surface area contributed by atoms with E-state index < -0.39 is 0 Å². The van der Waals surface area contributed by atoms with E-state index in [-0.39, 0.29) is 0 Å². The predicted molar refractivity (Wildman–Crippen MR) is 61.3 cm³/mol. The third-order valence-electron chi connectivity index (χ3n) is 2.17. The summed E-state index contributed by atoms with van der Waals surface area (Å²) in [5.41, 5.74) is 0. The van der Waals surface area contributed by atoms with Crippen LogP contribution in [0.4, 0.5) is 0 Å². The first-order chi connectivity index (χ1) is 6.74. The van der Waals surface area contributed by atoms with Crippen molar-refractivity contribution in [2.24, 2.45) is 5.92 Å². The normalized spacial score (nSPS) is 14.7. The van der Waals surface area contributed by atoms with E-state index in [0.717, 1.165) is 11.6 Å². The van der Waals surface area contributed by atoms with Crippen molar-refractivity contribution < 1.29 is 0 Å². The summed E-state index contributed by atoms with van der Waals surface area (Å²) in [4.78, 5) is 8.37. The van der Waals surface area contributed by atoms with Crippen LogP contribution in [0, 0.1) is 5.92 Å². The maximum Gasteiger partial charge on any atom is 0.187 e. The highest BCUT2D eigenvalue weighted by atomic mass is 32.2. The summed E-state index contributed by atoms with van der Waals surface area (Å²) in [7, 11) is 0. The number of nitrogens with zero attached hydrogens (tertiary/aromatic N) is 2. The fraction of sp³-hybridized carbons (Fsp3) is 0.455. The van der Waals surface area contributed by atoms with E-state index in [9.17, 15) is 0 Å². The lowest BCUT2D eigenvalue weighted by Crippen LogP contribution is -2.09. The molecule has 2 atom stereocenters. The Kier molecular flexibility index (Phi) is 4.66. The summed E-state index contributed by atoms with van der Waals surface area (Å²) in [5, 5.41) is 1.38. The SMILES string of the molecule is C=CC[C@@H](C)[C@H](C)Sc1ncccn1. The van der Waals surface area contributed by atoms with Crippen molar-refractivity contribution in [1.29, 1.82) is 0 Å². The van der Waals surface area contributed by atoms with Crippen molar-refractivity contribution >= 4 is 11.8 Å². The lowest BCUT2D eigenvalue weighted by atomic mass is 10.1. The maximum atomic E-state index is 4.19. The van der Waals surface area contributed by atoms with Gasteiger partial charge in [0.2, 0.25) is 0 Å². The molecular formula is C11H16N2S. The van der Waals surface area contributed by atoms with Crippen molar-refractivity contribution in [3.8, 4) is 0 Å². The molecule has 0 aliphatic heterocycles. The Morgan fingerprint density at radius 1 is 1.43 bits per heavy atom. The molecule has 0 aliphatic carbocycles. The van der Waals surface area contributed by atoms with E-state index in [1.165, 1.54) is 0 Å². The lowest BCUT2D eigenvalue weighted by molar-refractivity contribution is 0.586. The molecule has 0 radical (unpaired) electrons. The van der Waals surface area contributed by atoms with Gasteiger partial charge in [0.05, 0.1) is 0 Å². The van der Waals surface area contributed by atoms with E-state index in [1.807, 2.05) is 12.1 Å². The standard InChI is InChI=1S/C11H16N2S/c1-4-6-9(2)10(3)14-11-12-7-5-8-13-11/h4-5,7-10H,1,6H2,2-3H3/t9-,10+/m1/s1. The van der Waals surface area contributed by atoms with Crippen molar-refractivity contribution in [2.45, 2.75) is 30.7 Å². The zero-order valence-electron chi connectivity index (χ0n) is 8.68. The lowest BCUT2D eigenvalue weighted by Gasteiger charge is -2.16. The van der Waals surface area contributed by atoms with Crippen molar-refractivity contribution in [2.75, 3.05) is 0 Å². The third-order valence-corrected chi connectivity index (χ3v) is 3.43. The molecule has 0 spiro atoms. The topological polar surface area (TPSA) is 25.8 Å². The van der Waals surface area contributed by atoms with Crippen LogP contribution in [0.15, 0.2) is 36.3 Å². The monoisotopic (exact) mass is 208 g/mol. The first-order valence-corrected chi connectivity index (χ1v) is 5.66. The molecule has 0 aromatic carbocycles. The Hall–Kier alpha value is -0.830. The first-order valence-electron chi connectivity index (χ1n) is 4.78. The molecule has 2 nitrogen and oxygen atoms in total. The second kappa shape index (κ2) is 5.81. The zero-order chi connectivity index (χ0) is 10.4. The second-order valence-corrected chi connectivity index (χ2v) is 4.70. The van der Waals surface area contributed by atoms with Crippen LogP contribution in [-0.2, 0) is 0 Å². The van der Waals surface area contributed by atoms with Gasteiger partial charge in [0.15, 0.2) is 5.16 Å². The molecule has 0 saturated carbocycles. The summed E-state index contributed by atoms with van der Waals surface area (Å²) in [6.45, 7) is 8.18. The number of rotatable bonds is 5. The Morgan fingerprint density at radius 2 is 2.07 bits per heavy atom. The van der Waals surface area contributed by atoms with Crippen LogP contribution < -0.4 is 0 Å². The van der Waals surface area contributed by atoms with E-state index >= 15 is 0 Å². The van der Waals surface area contributed by atoms with Crippen molar-refractivity contribution in [1.82, 2.24) is 9.97 Å². The smallest absolute Gasteiger partial charge is 0.187 e. The molecule has 76 valence electrons. The highest BCUT2D eigenvalue weighted by Gasteiger charge is 2.13. The van der Waals surface area contributed by atoms with Crippen LogP contribution >= 0.6 is 11.8 Å². The van der Waals surface area contributed by atoms with Crippen LogP contribution in [0.3, 0.4) is 0 Å². The molecule has 0 N–H and O–H groups in total. The first kappa shape index (κ1) is 11.2. The molecule has 0 saturated heterocycles. The van der Waals surface area contributed by atoms with Gasteiger partial charge >= 0.3 is 0 Å². The molecule has 1 aromatic heterocycles. The van der Waals surface area contributed by atoms with Crippen LogP contribution in [0.2, 0.25) is 0 Å². The molecule has 3 heteroatoms. The fourth-order valence-electron chi connectivity index (χ4n) is 1.08. The van der Waals surface area contributed by atoms with E-state index in [2.05, 4.69) is 30.4 Å². The molecule has 0 unspecified atom stereocenters. The molecular weight excluding hydrogens is 192 g/mol. The summed E-state index contributed by atoms with van der Waals surface area (Å²) >= 11 is 1.72. The predicted octanol–water partition coefficient (Wildman–Crippen LogP) is 3.17. The van der Waals surface area contributed by atoms with Crippen molar-refractivity contribution in [3.05, 3.63) is 31.1 Å². The van der Waals surface area contributed by atoms with Gasteiger partial charge in [0, 0.05) is 17.6 Å². The highest BCUT2D eigenvalue weighted by molar-refractivity contribution is 7.99. The number of allylic oxidation sites excluding steroid dienone is 1. The van der Waals surface area contributed by atoms with Gasteiger partial charge in [-0.05, 0) is 18.4 Å². The van der Waals surface area contributed by atoms with Gasteiger partial charge in [-0.2, -0.15) is 0 Å².